The first kappa shape index (κ1) is 28.2. The zero-order valence-corrected chi connectivity index (χ0v) is 24.1. The summed E-state index contributed by atoms with van der Waals surface area (Å²) in [6.07, 6.45) is 10.4. The molecule has 3 heterocycles. The number of phenolic OH excluding ortho intramolecular Hbond substituents is 1. The molecule has 0 bridgehead atoms. The Morgan fingerprint density at radius 3 is 2.68 bits per heavy atom. The molecule has 0 spiro atoms. The molecule has 3 fully saturated rings. The Labute approximate surface area is 246 Å². The second-order valence-electron chi connectivity index (χ2n) is 12.0. The van der Waals surface area contributed by atoms with Crippen LogP contribution in [-0.2, 0) is 14.2 Å². The van der Waals surface area contributed by atoms with Gasteiger partial charge in [0, 0.05) is 12.2 Å². The first-order valence-corrected chi connectivity index (χ1v) is 15.2. The monoisotopic (exact) mass is 574 g/mol. The van der Waals surface area contributed by atoms with Gasteiger partial charge >= 0.3 is 7.12 Å². The highest BCUT2D eigenvalue weighted by molar-refractivity contribution is 6.43. The van der Waals surface area contributed by atoms with E-state index in [1.54, 1.807) is 23.2 Å². The number of phenols is 1. The highest BCUT2D eigenvalue weighted by Crippen LogP contribution is 2.51. The van der Waals surface area contributed by atoms with Crippen LogP contribution in [0.5, 0.6) is 5.75 Å². The van der Waals surface area contributed by atoms with E-state index in [0.717, 1.165) is 60.1 Å². The number of imide groups is 1. The van der Waals surface area contributed by atoms with Gasteiger partial charge in [-0.1, -0.05) is 42.5 Å². The van der Waals surface area contributed by atoms with Crippen LogP contribution in [0, 0.1) is 17.8 Å². The number of hydrogen-bond acceptors (Lipinski definition) is 6. The summed E-state index contributed by atoms with van der Waals surface area (Å²) in [4.78, 5) is 33.6. The SMILES string of the molecule is CC1=C2[C@@H](CC/C(=C/c3ccc(O)cc3Cl)c3ccccn3)OB(O)C[C@@H]2[C@@H]2C(=O)N(C3CCCCC3)C(=O)[C@@H]2C1. The van der Waals surface area contributed by atoms with Crippen molar-refractivity contribution in [1.29, 1.82) is 0 Å². The number of halogens is 1. The Morgan fingerprint density at radius 2 is 1.95 bits per heavy atom. The molecule has 7 nitrogen and oxygen atoms in total. The third-order valence-corrected chi connectivity index (χ3v) is 9.74. The Bertz CT molecular complexity index is 1390. The number of hydrogen-bond donors (Lipinski definition) is 2. The standard InChI is InChI=1S/C32H36BClN2O5/c1-19-15-24-30(32(39)36(31(24)38)22-7-3-2-4-8-22)25-18-33(40)41-28(29(19)25)13-11-21(27-9-5-6-14-35-27)16-20-10-12-23(37)17-26(20)34/h5-6,9-10,12,14,16-17,22,24-25,28,30,37,40H,2-4,7-8,11,13,15,18H2,1H3/b21-16-/t24-,25+,28-,30-/m1/s1. The van der Waals surface area contributed by atoms with Gasteiger partial charge in [0.2, 0.25) is 11.8 Å². The van der Waals surface area contributed by atoms with Crippen LogP contribution in [0.4, 0.5) is 0 Å². The van der Waals surface area contributed by atoms with Crippen molar-refractivity contribution in [2.45, 2.75) is 76.8 Å². The van der Waals surface area contributed by atoms with Crippen LogP contribution >= 0.6 is 11.6 Å². The van der Waals surface area contributed by atoms with Crippen molar-refractivity contribution >= 4 is 42.2 Å². The maximum atomic E-state index is 13.8. The van der Waals surface area contributed by atoms with Crippen molar-refractivity contribution < 1.29 is 24.4 Å². The van der Waals surface area contributed by atoms with Crippen LogP contribution in [0.3, 0.4) is 0 Å². The van der Waals surface area contributed by atoms with Gasteiger partial charge < -0.3 is 14.8 Å². The van der Waals surface area contributed by atoms with Crippen LogP contribution in [-0.4, -0.2) is 51.1 Å². The minimum absolute atomic E-state index is 0.0106. The minimum Gasteiger partial charge on any atom is -0.508 e. The molecular weight excluding hydrogens is 539 g/mol. The molecule has 6 rings (SSSR count). The van der Waals surface area contributed by atoms with E-state index in [0.29, 0.717) is 30.6 Å². The summed E-state index contributed by atoms with van der Waals surface area (Å²) < 4.78 is 6.14. The maximum absolute atomic E-state index is 13.8. The third-order valence-electron chi connectivity index (χ3n) is 9.41. The van der Waals surface area contributed by atoms with Crippen molar-refractivity contribution in [2.24, 2.45) is 17.8 Å². The van der Waals surface area contributed by atoms with Crippen molar-refractivity contribution in [3.8, 4) is 5.75 Å². The number of aromatic hydroxyl groups is 1. The topological polar surface area (TPSA) is 100.0 Å². The molecule has 2 aliphatic carbocycles. The number of carbonyl (C=O) groups excluding carboxylic acids is 2. The second-order valence-corrected chi connectivity index (χ2v) is 12.4. The zero-order valence-electron chi connectivity index (χ0n) is 23.3. The van der Waals surface area contributed by atoms with Gasteiger partial charge in [0.25, 0.3) is 0 Å². The van der Waals surface area contributed by atoms with E-state index in [-0.39, 0.29) is 41.5 Å². The average molecular weight is 575 g/mol. The van der Waals surface area contributed by atoms with E-state index in [1.807, 2.05) is 24.3 Å². The van der Waals surface area contributed by atoms with Crippen LogP contribution in [0.1, 0.15) is 69.5 Å². The van der Waals surface area contributed by atoms with Gasteiger partial charge in [0.1, 0.15) is 5.75 Å². The largest absolute Gasteiger partial charge is 0.508 e. The van der Waals surface area contributed by atoms with E-state index in [9.17, 15) is 19.7 Å². The molecule has 1 aromatic carbocycles. The van der Waals surface area contributed by atoms with Crippen molar-refractivity contribution in [3.05, 3.63) is 70.0 Å². The lowest BCUT2D eigenvalue weighted by Crippen LogP contribution is -2.46. The fourth-order valence-electron chi connectivity index (χ4n) is 7.58. The molecule has 0 unspecified atom stereocenters. The first-order valence-electron chi connectivity index (χ1n) is 14.8. The highest BCUT2D eigenvalue weighted by Gasteiger charge is 2.57. The maximum Gasteiger partial charge on any atom is 0.455 e. The normalized spacial score (nSPS) is 27.3. The predicted octanol–water partition coefficient (Wildman–Crippen LogP) is 5.91. The van der Waals surface area contributed by atoms with Gasteiger partial charge in [-0.15, -0.1) is 0 Å². The quantitative estimate of drug-likeness (QED) is 0.253. The van der Waals surface area contributed by atoms with Crippen LogP contribution < -0.4 is 0 Å². The first-order chi connectivity index (χ1) is 19.8. The van der Waals surface area contributed by atoms with Gasteiger partial charge in [-0.05, 0) is 104 Å². The van der Waals surface area contributed by atoms with E-state index in [2.05, 4.69) is 11.9 Å². The fraction of sp³-hybridized carbons (Fsp3) is 0.469. The van der Waals surface area contributed by atoms with Gasteiger partial charge in [0.05, 0.1) is 28.7 Å². The number of likely N-dealkylation sites (tertiary alicyclic amines) is 1. The number of fused-ring (bicyclic) bond motifs is 3. The summed E-state index contributed by atoms with van der Waals surface area (Å²) in [5, 5.41) is 21.1. The van der Waals surface area contributed by atoms with Crippen molar-refractivity contribution in [2.75, 3.05) is 0 Å². The molecule has 2 aromatic rings. The highest BCUT2D eigenvalue weighted by atomic mass is 35.5. The summed E-state index contributed by atoms with van der Waals surface area (Å²) in [5.74, 6) is -0.946. The van der Waals surface area contributed by atoms with E-state index in [4.69, 9.17) is 16.3 Å². The van der Waals surface area contributed by atoms with Crippen molar-refractivity contribution in [1.82, 2.24) is 9.88 Å². The smallest absolute Gasteiger partial charge is 0.455 e. The van der Waals surface area contributed by atoms with E-state index < -0.39 is 13.0 Å². The Kier molecular flexibility index (Phi) is 8.08. The summed E-state index contributed by atoms with van der Waals surface area (Å²) in [6, 6.07) is 10.6. The summed E-state index contributed by atoms with van der Waals surface area (Å²) in [7, 11) is -0.999. The van der Waals surface area contributed by atoms with Gasteiger partial charge in [-0.25, -0.2) is 0 Å². The lowest BCUT2D eigenvalue weighted by Gasteiger charge is -2.42. The fourth-order valence-corrected chi connectivity index (χ4v) is 7.81. The van der Waals surface area contributed by atoms with Gasteiger partial charge in [0.15, 0.2) is 0 Å². The number of aromatic nitrogens is 1. The molecule has 2 N–H and O–H groups in total. The molecule has 1 aromatic heterocycles. The number of benzene rings is 1. The van der Waals surface area contributed by atoms with Crippen LogP contribution in [0.15, 0.2) is 53.7 Å². The van der Waals surface area contributed by atoms with Gasteiger partial charge in [-0.3, -0.25) is 19.5 Å². The van der Waals surface area contributed by atoms with E-state index >= 15 is 0 Å². The number of pyridine rings is 1. The average Bonchev–Trinajstić information content (AvgIpc) is 3.21. The molecule has 2 amide bonds. The second kappa shape index (κ2) is 11.7. The predicted molar refractivity (Wildman–Crippen MR) is 159 cm³/mol. The molecular formula is C32H36BClN2O5. The van der Waals surface area contributed by atoms with Crippen LogP contribution in [0.2, 0.25) is 11.3 Å². The number of allylic oxidation sites excluding steroid dienone is 2. The summed E-state index contributed by atoms with van der Waals surface area (Å²) in [6.45, 7) is 2.05. The zero-order chi connectivity index (χ0) is 28.7. The molecule has 41 heavy (non-hydrogen) atoms. The molecule has 1 saturated carbocycles. The lowest BCUT2D eigenvalue weighted by atomic mass is 9.58. The Morgan fingerprint density at radius 1 is 1.15 bits per heavy atom. The van der Waals surface area contributed by atoms with Crippen LogP contribution in [0.25, 0.3) is 11.6 Å². The molecule has 4 aliphatic rings. The third kappa shape index (κ3) is 5.50. The van der Waals surface area contributed by atoms with Gasteiger partial charge in [-0.2, -0.15) is 0 Å². The number of rotatable bonds is 6. The Balaban J connectivity index is 1.27. The van der Waals surface area contributed by atoms with Crippen molar-refractivity contribution in [3.63, 3.8) is 0 Å². The molecule has 0 radical (unpaired) electrons. The molecule has 214 valence electrons. The molecule has 9 heteroatoms. The lowest BCUT2D eigenvalue weighted by molar-refractivity contribution is -0.143. The molecule has 2 aliphatic heterocycles. The Hall–Kier alpha value is -2.94. The number of nitrogens with zero attached hydrogens (tertiary/aromatic N) is 2. The number of carbonyl (C=O) groups is 2. The number of amides is 2. The molecule has 4 atom stereocenters. The molecule has 2 saturated heterocycles. The summed E-state index contributed by atoms with van der Waals surface area (Å²) in [5.41, 5.74) is 4.69. The summed E-state index contributed by atoms with van der Waals surface area (Å²) >= 11 is 6.43. The van der Waals surface area contributed by atoms with E-state index in [1.165, 1.54) is 6.07 Å². The minimum atomic E-state index is -0.999.